The summed E-state index contributed by atoms with van der Waals surface area (Å²) in [4.78, 5) is 15.9. The van der Waals surface area contributed by atoms with Crippen molar-refractivity contribution in [3.05, 3.63) is 72.8 Å². The molecule has 0 saturated heterocycles. The molecule has 3 aromatic carbocycles. The minimum absolute atomic E-state index is 0.0215. The molecule has 0 aliphatic rings. The Labute approximate surface area is 195 Å². The number of carbonyl (C=O) groups excluding carboxylic acids is 1. The Morgan fingerprint density at radius 2 is 1.73 bits per heavy atom. The van der Waals surface area contributed by atoms with Crippen LogP contribution in [0.4, 0.5) is 5.69 Å². The third-order valence-corrected chi connectivity index (χ3v) is 7.66. The first-order chi connectivity index (χ1) is 15.9. The van der Waals surface area contributed by atoms with Crippen LogP contribution >= 0.6 is 11.8 Å². The molecule has 10 heteroatoms. The van der Waals surface area contributed by atoms with Crippen molar-refractivity contribution < 1.29 is 26.7 Å². The molecule has 1 aromatic heterocycles. The van der Waals surface area contributed by atoms with Crippen LogP contribution in [0.15, 0.2) is 82.8 Å². The smallest absolute Gasteiger partial charge is 0.336 e. The number of nitrogens with zero attached hydrogens (tertiary/aromatic N) is 1. The highest BCUT2D eigenvalue weighted by Crippen LogP contribution is 2.29. The lowest BCUT2D eigenvalue weighted by molar-refractivity contribution is -0.526. The molecule has 0 bridgehead atoms. The second-order valence-corrected chi connectivity index (χ2v) is 9.68. The number of anilines is 1. The molecule has 0 saturated carbocycles. The Kier molecular flexibility index (Phi) is 6.57. The van der Waals surface area contributed by atoms with Crippen LogP contribution in [0.25, 0.3) is 11.0 Å². The predicted octanol–water partition coefficient (Wildman–Crippen LogP) is 3.44. The lowest BCUT2D eigenvalue weighted by atomic mass is 10.2. The van der Waals surface area contributed by atoms with Crippen molar-refractivity contribution in [2.75, 3.05) is 25.3 Å². The normalized spacial score (nSPS) is 11.3. The summed E-state index contributed by atoms with van der Waals surface area (Å²) >= 11 is 1.09. The number of imidazole rings is 1. The Balaban J connectivity index is 1.61. The maximum Gasteiger partial charge on any atom is 0.336 e. The number of aromatic amines is 1. The van der Waals surface area contributed by atoms with Crippen molar-refractivity contribution in [2.24, 2.45) is 0 Å². The molecule has 4 rings (SSSR count). The van der Waals surface area contributed by atoms with E-state index in [2.05, 4.69) is 10.3 Å². The van der Waals surface area contributed by atoms with Crippen LogP contribution in [0.1, 0.15) is 0 Å². The van der Waals surface area contributed by atoms with E-state index in [0.29, 0.717) is 33.4 Å². The van der Waals surface area contributed by atoms with Crippen LogP contribution in [0, 0.1) is 0 Å². The number of nitrogens with one attached hydrogen (secondary N) is 2. The van der Waals surface area contributed by atoms with Crippen molar-refractivity contribution in [3.8, 4) is 11.5 Å². The van der Waals surface area contributed by atoms with E-state index in [-0.39, 0.29) is 16.6 Å². The fourth-order valence-corrected chi connectivity index (χ4v) is 5.87. The third kappa shape index (κ3) is 4.67. The Morgan fingerprint density at radius 1 is 1.00 bits per heavy atom. The number of ether oxygens (including phenoxy) is 2. The standard InChI is InChI=1S/C23H21N3O5S2/c1-30-16-12-13-19(21(14-16)31-2)24-22(27)15-32-23-25-18-10-6-7-11-20(18)26(23)33(28,29)17-8-4-3-5-9-17/h3-14H,15H2,1-2H3,(H,24,27)/p+1. The van der Waals surface area contributed by atoms with Crippen molar-refractivity contribution >= 4 is 44.4 Å². The second kappa shape index (κ2) is 9.55. The van der Waals surface area contributed by atoms with Gasteiger partial charge in [-0.2, -0.15) is 8.42 Å². The van der Waals surface area contributed by atoms with Gasteiger partial charge >= 0.3 is 15.2 Å². The van der Waals surface area contributed by atoms with E-state index in [9.17, 15) is 13.2 Å². The zero-order valence-corrected chi connectivity index (χ0v) is 19.6. The molecule has 0 spiro atoms. The fourth-order valence-electron chi connectivity index (χ4n) is 3.29. The maximum absolute atomic E-state index is 13.4. The van der Waals surface area contributed by atoms with E-state index in [1.54, 1.807) is 73.8 Å². The van der Waals surface area contributed by atoms with Gasteiger partial charge in [0.15, 0.2) is 11.0 Å². The summed E-state index contributed by atoms with van der Waals surface area (Å²) in [6, 6.07) is 20.3. The van der Waals surface area contributed by atoms with Crippen molar-refractivity contribution in [2.45, 2.75) is 10.1 Å². The Morgan fingerprint density at radius 3 is 2.45 bits per heavy atom. The third-order valence-electron chi connectivity index (χ3n) is 4.85. The first kappa shape index (κ1) is 22.7. The first-order valence-corrected chi connectivity index (χ1v) is 12.3. The number of H-pyrrole nitrogens is 1. The minimum Gasteiger partial charge on any atom is -0.497 e. The number of benzene rings is 3. The zero-order valence-electron chi connectivity index (χ0n) is 17.9. The summed E-state index contributed by atoms with van der Waals surface area (Å²) in [5.41, 5.74) is 1.64. The highest BCUT2D eigenvalue weighted by molar-refractivity contribution is 8.00. The Hall–Kier alpha value is -3.50. The first-order valence-electron chi connectivity index (χ1n) is 9.92. The number of carbonyl (C=O) groups is 1. The number of rotatable bonds is 8. The average Bonchev–Trinajstić information content (AvgIpc) is 3.23. The molecule has 0 fully saturated rings. The summed E-state index contributed by atoms with van der Waals surface area (Å²) in [5, 5.41) is 3.12. The van der Waals surface area contributed by atoms with Gasteiger partial charge in [-0.15, -0.1) is 3.97 Å². The quantitative estimate of drug-likeness (QED) is 0.294. The second-order valence-electron chi connectivity index (χ2n) is 6.93. The van der Waals surface area contributed by atoms with E-state index >= 15 is 0 Å². The summed E-state index contributed by atoms with van der Waals surface area (Å²) < 4.78 is 38.5. The van der Waals surface area contributed by atoms with E-state index < -0.39 is 10.0 Å². The number of methoxy groups -OCH3 is 2. The fraction of sp³-hybridized carbons (Fsp3) is 0.130. The van der Waals surface area contributed by atoms with Crippen LogP contribution < -0.4 is 18.8 Å². The van der Waals surface area contributed by atoms with Gasteiger partial charge in [-0.3, -0.25) is 4.79 Å². The van der Waals surface area contributed by atoms with E-state index in [0.717, 1.165) is 11.8 Å². The van der Waals surface area contributed by atoms with Gasteiger partial charge in [0.25, 0.3) is 0 Å². The van der Waals surface area contributed by atoms with Crippen molar-refractivity contribution in [1.82, 2.24) is 4.98 Å². The highest BCUT2D eigenvalue weighted by atomic mass is 32.2. The van der Waals surface area contributed by atoms with Crippen LogP contribution in [-0.4, -0.2) is 39.3 Å². The number of fused-ring (bicyclic) bond motifs is 1. The van der Waals surface area contributed by atoms with Crippen molar-refractivity contribution in [1.29, 1.82) is 0 Å². The molecular formula is C23H22N3O5S2+. The molecule has 0 atom stereocenters. The number of hydrogen-bond acceptors (Lipinski definition) is 6. The summed E-state index contributed by atoms with van der Waals surface area (Å²) in [6.45, 7) is 0. The molecule has 1 amide bonds. The molecule has 33 heavy (non-hydrogen) atoms. The zero-order chi connectivity index (χ0) is 23.4. The maximum atomic E-state index is 13.4. The number of aromatic nitrogens is 2. The van der Waals surface area contributed by atoms with Gasteiger partial charge in [0, 0.05) is 6.07 Å². The van der Waals surface area contributed by atoms with Gasteiger partial charge in [0.2, 0.25) is 5.91 Å². The SMILES string of the molecule is COc1ccc(NC(=O)CSc2[nH]c3ccccc3[n+]2S(=O)(=O)c2ccccc2)c(OC)c1. The molecule has 0 unspecified atom stereocenters. The molecule has 0 aliphatic heterocycles. The van der Waals surface area contributed by atoms with E-state index in [1.807, 2.05) is 6.07 Å². The van der Waals surface area contributed by atoms with Gasteiger partial charge < -0.3 is 14.8 Å². The van der Waals surface area contributed by atoms with Crippen LogP contribution in [0.3, 0.4) is 0 Å². The predicted molar refractivity (Wildman–Crippen MR) is 126 cm³/mol. The topological polar surface area (TPSA) is 101 Å². The summed E-state index contributed by atoms with van der Waals surface area (Å²) in [6.07, 6.45) is 0. The van der Waals surface area contributed by atoms with E-state index in [1.165, 1.54) is 11.1 Å². The number of para-hydroxylation sites is 2. The molecule has 2 N–H and O–H groups in total. The van der Waals surface area contributed by atoms with Gasteiger partial charge in [0.05, 0.1) is 25.7 Å². The molecule has 4 aromatic rings. The van der Waals surface area contributed by atoms with Gasteiger partial charge in [-0.25, -0.2) is 4.98 Å². The van der Waals surface area contributed by atoms with Gasteiger partial charge in [0.1, 0.15) is 16.4 Å². The molecular weight excluding hydrogens is 462 g/mol. The van der Waals surface area contributed by atoms with Crippen LogP contribution in [-0.2, 0) is 14.8 Å². The molecule has 0 radical (unpaired) electrons. The molecule has 0 aliphatic carbocycles. The Bertz CT molecular complexity index is 1400. The van der Waals surface area contributed by atoms with Crippen molar-refractivity contribution in [3.63, 3.8) is 0 Å². The van der Waals surface area contributed by atoms with Crippen LogP contribution in [0.5, 0.6) is 11.5 Å². The molecule has 170 valence electrons. The lowest BCUT2D eigenvalue weighted by Crippen LogP contribution is -2.44. The summed E-state index contributed by atoms with van der Waals surface area (Å²) in [7, 11) is -0.834. The number of thioether (sulfide) groups is 1. The minimum atomic E-state index is -3.88. The molecule has 8 nitrogen and oxygen atoms in total. The summed E-state index contributed by atoms with van der Waals surface area (Å²) in [5.74, 6) is 0.724. The van der Waals surface area contributed by atoms with E-state index in [4.69, 9.17) is 9.47 Å². The largest absolute Gasteiger partial charge is 0.497 e. The van der Waals surface area contributed by atoms with Gasteiger partial charge in [-0.05, 0) is 48.2 Å². The average molecular weight is 485 g/mol. The van der Waals surface area contributed by atoms with Gasteiger partial charge in [-0.1, -0.05) is 30.3 Å². The number of amides is 1. The number of hydrogen-bond donors (Lipinski definition) is 2. The lowest BCUT2D eigenvalue weighted by Gasteiger charge is -2.11. The highest BCUT2D eigenvalue weighted by Gasteiger charge is 2.31. The monoisotopic (exact) mass is 484 g/mol. The van der Waals surface area contributed by atoms with Crippen LogP contribution in [0.2, 0.25) is 0 Å². The molecule has 1 heterocycles.